The van der Waals surface area contributed by atoms with Crippen LogP contribution in [0, 0.1) is 0 Å². The van der Waals surface area contributed by atoms with E-state index in [1.807, 2.05) is 0 Å². The molecule has 7 aromatic carbocycles. The quantitative estimate of drug-likeness (QED) is 0.173. The molecule has 0 heterocycles. The third-order valence-electron chi connectivity index (χ3n) is 10.6. The molecular weight excluding hydrogens is 593 g/mol. The average molecular weight is 631 g/mol. The van der Waals surface area contributed by atoms with Crippen LogP contribution in [0.3, 0.4) is 0 Å². The molecule has 2 aliphatic rings. The molecule has 0 bridgehead atoms. The molecule has 0 fully saturated rings. The average Bonchev–Trinajstić information content (AvgIpc) is 3.68. The van der Waals surface area contributed by atoms with Gasteiger partial charge in [-0.25, -0.2) is 0 Å². The number of aryl methyl sites for hydroxylation is 1. The minimum Gasteiger partial charge on any atom is -0.310 e. The zero-order valence-electron chi connectivity index (χ0n) is 27.8. The van der Waals surface area contributed by atoms with E-state index in [4.69, 9.17) is 0 Å². The second kappa shape index (κ2) is 12.0. The van der Waals surface area contributed by atoms with Crippen molar-refractivity contribution in [3.05, 3.63) is 204 Å². The highest BCUT2D eigenvalue weighted by atomic mass is 15.1. The Morgan fingerprint density at radius 1 is 0.408 bits per heavy atom. The Balaban J connectivity index is 1.24. The molecule has 1 spiro atoms. The Kier molecular flexibility index (Phi) is 7.16. The van der Waals surface area contributed by atoms with Gasteiger partial charge in [0.05, 0.1) is 0 Å². The number of rotatable bonds is 7. The smallest absolute Gasteiger partial charge is 0.0465 e. The maximum Gasteiger partial charge on any atom is 0.0465 e. The lowest BCUT2D eigenvalue weighted by atomic mass is 9.75. The molecule has 0 saturated carbocycles. The van der Waals surface area contributed by atoms with Gasteiger partial charge in [0.1, 0.15) is 0 Å². The van der Waals surface area contributed by atoms with Crippen molar-refractivity contribution in [1.82, 2.24) is 0 Å². The Morgan fingerprint density at radius 2 is 0.816 bits per heavy atom. The molecule has 236 valence electrons. The Morgan fingerprint density at radius 3 is 1.22 bits per heavy atom. The van der Waals surface area contributed by atoms with Crippen molar-refractivity contribution in [3.8, 4) is 11.1 Å². The predicted molar refractivity (Wildman–Crippen MR) is 205 cm³/mol. The van der Waals surface area contributed by atoms with Gasteiger partial charge in [0.15, 0.2) is 0 Å². The van der Waals surface area contributed by atoms with Gasteiger partial charge in [-0.3, -0.25) is 0 Å². The van der Waals surface area contributed by atoms with Gasteiger partial charge in [-0.2, -0.15) is 0 Å². The van der Waals surface area contributed by atoms with E-state index in [1.54, 1.807) is 0 Å². The summed E-state index contributed by atoms with van der Waals surface area (Å²) in [4.78, 5) is 4.79. The number of fused-ring (bicyclic) bond motifs is 6. The van der Waals surface area contributed by atoms with E-state index in [0.717, 1.165) is 42.0 Å². The molecule has 7 aromatic rings. The van der Waals surface area contributed by atoms with E-state index in [-0.39, 0.29) is 5.41 Å². The van der Waals surface area contributed by atoms with Crippen LogP contribution in [0.2, 0.25) is 0 Å². The van der Waals surface area contributed by atoms with Crippen molar-refractivity contribution in [1.29, 1.82) is 0 Å². The van der Waals surface area contributed by atoms with Gasteiger partial charge in [0.25, 0.3) is 0 Å². The molecule has 0 unspecified atom stereocenters. The number of nitrogens with zero attached hydrogens (tertiary/aromatic N) is 2. The van der Waals surface area contributed by atoms with Crippen LogP contribution in [-0.4, -0.2) is 0 Å². The van der Waals surface area contributed by atoms with Gasteiger partial charge in [0.2, 0.25) is 0 Å². The zero-order chi connectivity index (χ0) is 32.8. The Hall–Kier alpha value is -5.86. The van der Waals surface area contributed by atoms with Crippen LogP contribution in [0.1, 0.15) is 34.7 Å². The third-order valence-corrected chi connectivity index (χ3v) is 10.6. The lowest BCUT2D eigenvalue weighted by Crippen LogP contribution is -2.26. The summed E-state index contributed by atoms with van der Waals surface area (Å²) in [6, 6.07) is 64.6. The van der Waals surface area contributed by atoms with Crippen LogP contribution >= 0.6 is 0 Å². The van der Waals surface area contributed by atoms with Crippen molar-refractivity contribution in [3.63, 3.8) is 0 Å². The fourth-order valence-corrected chi connectivity index (χ4v) is 8.28. The van der Waals surface area contributed by atoms with Crippen LogP contribution < -0.4 is 9.80 Å². The zero-order valence-corrected chi connectivity index (χ0v) is 27.8. The first-order valence-corrected chi connectivity index (χ1v) is 17.4. The maximum absolute atomic E-state index is 2.49. The van der Waals surface area contributed by atoms with Crippen molar-refractivity contribution in [2.24, 2.45) is 0 Å². The highest BCUT2D eigenvalue weighted by Gasteiger charge is 2.47. The summed E-state index contributed by atoms with van der Waals surface area (Å²) >= 11 is 0. The molecule has 2 heteroatoms. The molecule has 0 saturated heterocycles. The number of benzene rings is 7. The van der Waals surface area contributed by atoms with E-state index in [9.17, 15) is 0 Å². The second-order valence-electron chi connectivity index (χ2n) is 13.4. The molecule has 0 amide bonds. The first kappa shape index (κ1) is 29.3. The summed E-state index contributed by atoms with van der Waals surface area (Å²) in [6.07, 6.45) is 3.04. The number of para-hydroxylation sites is 4. The van der Waals surface area contributed by atoms with E-state index in [0.29, 0.717) is 0 Å². The van der Waals surface area contributed by atoms with Crippen molar-refractivity contribution < 1.29 is 0 Å². The Bertz CT molecular complexity index is 2050. The standard InChI is InChI=1S/C47H38N2/c1-2-34-23-24-35-32-47(33-36(35)29-34)45-30-41(48(37-15-7-3-8-16-37)38-17-9-4-10-18-38)25-27-43(45)44-28-26-42(31-46(44)47)49(39-19-11-5-12-20-39)40-21-13-6-14-22-40/h3-31H,2,32-33H2,1H3. The van der Waals surface area contributed by atoms with Gasteiger partial charge < -0.3 is 9.80 Å². The fraction of sp³-hybridized carbons (Fsp3) is 0.106. The fourth-order valence-electron chi connectivity index (χ4n) is 8.28. The molecule has 0 aromatic heterocycles. The van der Waals surface area contributed by atoms with Crippen LogP contribution in [0.4, 0.5) is 34.1 Å². The summed E-state index contributed by atoms with van der Waals surface area (Å²) in [5.41, 5.74) is 16.7. The summed E-state index contributed by atoms with van der Waals surface area (Å²) in [6.45, 7) is 2.26. The van der Waals surface area contributed by atoms with Gasteiger partial charge in [-0.1, -0.05) is 110 Å². The summed E-state index contributed by atoms with van der Waals surface area (Å²) in [5.74, 6) is 0. The highest BCUT2D eigenvalue weighted by Crippen LogP contribution is 2.57. The largest absolute Gasteiger partial charge is 0.310 e. The lowest BCUT2D eigenvalue weighted by Gasteiger charge is -2.31. The topological polar surface area (TPSA) is 6.48 Å². The maximum atomic E-state index is 2.49. The summed E-state index contributed by atoms with van der Waals surface area (Å²) < 4.78 is 0. The first-order chi connectivity index (χ1) is 24.2. The van der Waals surface area contributed by atoms with E-state index < -0.39 is 0 Å². The Labute approximate surface area is 289 Å². The molecule has 0 N–H and O–H groups in total. The van der Waals surface area contributed by atoms with Crippen molar-refractivity contribution >= 4 is 34.1 Å². The first-order valence-electron chi connectivity index (χ1n) is 17.4. The van der Waals surface area contributed by atoms with Crippen LogP contribution in [0.5, 0.6) is 0 Å². The molecule has 49 heavy (non-hydrogen) atoms. The predicted octanol–water partition coefficient (Wildman–Crippen LogP) is 12.3. The van der Waals surface area contributed by atoms with E-state index >= 15 is 0 Å². The van der Waals surface area contributed by atoms with E-state index in [2.05, 4.69) is 193 Å². The minimum absolute atomic E-state index is 0.163. The van der Waals surface area contributed by atoms with E-state index in [1.165, 1.54) is 50.3 Å². The second-order valence-corrected chi connectivity index (χ2v) is 13.4. The van der Waals surface area contributed by atoms with Crippen LogP contribution in [0.15, 0.2) is 176 Å². The molecule has 2 aliphatic carbocycles. The van der Waals surface area contributed by atoms with Crippen molar-refractivity contribution in [2.75, 3.05) is 9.80 Å². The molecule has 0 atom stereocenters. The third kappa shape index (κ3) is 4.95. The highest BCUT2D eigenvalue weighted by molar-refractivity contribution is 5.89. The molecular formula is C47H38N2. The lowest BCUT2D eigenvalue weighted by molar-refractivity contribution is 0.564. The van der Waals surface area contributed by atoms with Crippen LogP contribution in [-0.2, 0) is 24.7 Å². The summed E-state index contributed by atoms with van der Waals surface area (Å²) in [5, 5.41) is 0. The minimum atomic E-state index is -0.163. The number of hydrogen-bond donors (Lipinski definition) is 0. The number of anilines is 6. The molecule has 0 radical (unpaired) electrons. The van der Waals surface area contributed by atoms with Crippen LogP contribution in [0.25, 0.3) is 11.1 Å². The van der Waals surface area contributed by atoms with Gasteiger partial charge in [-0.05, 0) is 131 Å². The van der Waals surface area contributed by atoms with Crippen molar-refractivity contribution in [2.45, 2.75) is 31.6 Å². The molecule has 2 nitrogen and oxygen atoms in total. The van der Waals surface area contributed by atoms with Gasteiger partial charge >= 0.3 is 0 Å². The molecule has 0 aliphatic heterocycles. The number of hydrogen-bond acceptors (Lipinski definition) is 2. The van der Waals surface area contributed by atoms with Gasteiger partial charge in [-0.15, -0.1) is 0 Å². The SMILES string of the molecule is CCc1ccc2c(c1)CC1(C2)c2cc(N(c3ccccc3)c3ccccc3)ccc2-c2ccc(N(c3ccccc3)c3ccccc3)cc21. The van der Waals surface area contributed by atoms with Gasteiger partial charge in [0, 0.05) is 39.5 Å². The molecule has 9 rings (SSSR count). The normalized spacial score (nSPS) is 13.5. The summed E-state index contributed by atoms with van der Waals surface area (Å²) in [7, 11) is 0. The monoisotopic (exact) mass is 630 g/mol.